The van der Waals surface area contributed by atoms with Gasteiger partial charge in [0.15, 0.2) is 0 Å². The molecule has 0 aliphatic rings. The third-order valence-electron chi connectivity index (χ3n) is 2.83. The number of hydrogen-bond donors (Lipinski definition) is 1. The zero-order chi connectivity index (χ0) is 16.7. The average molecular weight is 373 g/mol. The van der Waals surface area contributed by atoms with E-state index in [1.807, 2.05) is 26.0 Å². The van der Waals surface area contributed by atoms with E-state index in [-0.39, 0.29) is 26.8 Å². The second-order valence-electron chi connectivity index (χ2n) is 5.07. The van der Waals surface area contributed by atoms with Gasteiger partial charge in [0.05, 0.1) is 0 Å². The first-order valence-corrected chi connectivity index (χ1v) is 9.12. The molecule has 118 valence electrons. The van der Waals surface area contributed by atoms with Crippen molar-refractivity contribution in [3.63, 3.8) is 0 Å². The summed E-state index contributed by atoms with van der Waals surface area (Å²) in [6.45, 7) is 4.08. The van der Waals surface area contributed by atoms with Crippen molar-refractivity contribution in [3.8, 4) is 0 Å². The van der Waals surface area contributed by atoms with E-state index in [1.54, 1.807) is 48.5 Å². The van der Waals surface area contributed by atoms with Crippen molar-refractivity contribution in [2.45, 2.75) is 18.7 Å². The summed E-state index contributed by atoms with van der Waals surface area (Å²) >= 11 is -0.0884. The minimum atomic E-state index is -0.337. The Morgan fingerprint density at radius 3 is 1.96 bits per heavy atom. The van der Waals surface area contributed by atoms with E-state index in [2.05, 4.69) is 10.3 Å². The van der Waals surface area contributed by atoms with Crippen LogP contribution in [0.2, 0.25) is 4.82 Å². The van der Waals surface area contributed by atoms with Gasteiger partial charge in [-0.15, -0.1) is 0 Å². The van der Waals surface area contributed by atoms with Crippen molar-refractivity contribution in [3.05, 3.63) is 71.8 Å². The van der Waals surface area contributed by atoms with Crippen molar-refractivity contribution in [2.75, 3.05) is 0 Å². The first kappa shape index (κ1) is 17.1. The van der Waals surface area contributed by atoms with Gasteiger partial charge < -0.3 is 0 Å². The van der Waals surface area contributed by atoms with Gasteiger partial charge in [-0.1, -0.05) is 0 Å². The van der Waals surface area contributed by atoms with Crippen LogP contribution in [0.5, 0.6) is 0 Å². The second kappa shape index (κ2) is 8.41. The number of nitrogens with zero attached hydrogens (tertiary/aromatic N) is 1. The summed E-state index contributed by atoms with van der Waals surface area (Å²) in [5, 5.41) is 2.78. The Kier molecular flexibility index (Phi) is 6.27. The van der Waals surface area contributed by atoms with Gasteiger partial charge in [0.2, 0.25) is 0 Å². The SMILES string of the molecule is CC(C)[Se]C(=NC(=O)c1ccccc1)NC(=O)c1ccccc1. The molecule has 0 aliphatic carbocycles. The number of carbonyl (C=O) groups excluding carboxylic acids is 2. The normalized spacial score (nSPS) is 11.3. The van der Waals surface area contributed by atoms with Crippen LogP contribution in [0.25, 0.3) is 0 Å². The van der Waals surface area contributed by atoms with Crippen LogP contribution >= 0.6 is 0 Å². The van der Waals surface area contributed by atoms with Crippen LogP contribution in [0.3, 0.4) is 0 Å². The van der Waals surface area contributed by atoms with Crippen molar-refractivity contribution < 1.29 is 9.59 Å². The fourth-order valence-electron chi connectivity index (χ4n) is 1.80. The molecule has 0 bridgehead atoms. The molecule has 0 unspecified atom stereocenters. The fraction of sp³-hybridized carbons (Fsp3) is 0.167. The summed E-state index contributed by atoms with van der Waals surface area (Å²) in [5.41, 5.74) is 1.06. The van der Waals surface area contributed by atoms with Crippen molar-refractivity contribution in [1.82, 2.24) is 5.32 Å². The Labute approximate surface area is 142 Å². The van der Waals surface area contributed by atoms with E-state index < -0.39 is 0 Å². The molecule has 2 aromatic rings. The quantitative estimate of drug-likeness (QED) is 0.509. The summed E-state index contributed by atoms with van der Waals surface area (Å²) in [5.74, 6) is -0.579. The molecule has 2 amide bonds. The molecule has 2 aromatic carbocycles. The summed E-state index contributed by atoms with van der Waals surface area (Å²) in [6, 6.07) is 17.8. The molecule has 0 fully saturated rings. The van der Waals surface area contributed by atoms with Gasteiger partial charge in [0.1, 0.15) is 0 Å². The van der Waals surface area contributed by atoms with Crippen LogP contribution in [0.4, 0.5) is 0 Å². The zero-order valence-electron chi connectivity index (χ0n) is 13.0. The molecule has 0 radical (unpaired) electrons. The zero-order valence-corrected chi connectivity index (χ0v) is 14.7. The molecule has 0 saturated heterocycles. The van der Waals surface area contributed by atoms with E-state index >= 15 is 0 Å². The fourth-order valence-corrected chi connectivity index (χ4v) is 3.34. The molecule has 0 aliphatic heterocycles. The maximum absolute atomic E-state index is 12.3. The molecular formula is C18H18N2O2Se. The van der Waals surface area contributed by atoms with Crippen molar-refractivity contribution in [2.24, 2.45) is 4.99 Å². The Balaban J connectivity index is 2.18. The monoisotopic (exact) mass is 374 g/mol. The number of hydrogen-bond acceptors (Lipinski definition) is 2. The van der Waals surface area contributed by atoms with E-state index in [0.29, 0.717) is 20.7 Å². The van der Waals surface area contributed by atoms with Gasteiger partial charge in [-0.2, -0.15) is 0 Å². The van der Waals surface area contributed by atoms with E-state index in [1.165, 1.54) is 0 Å². The third kappa shape index (κ3) is 5.47. The Bertz CT molecular complexity index is 697. The van der Waals surface area contributed by atoms with Crippen LogP contribution in [0.15, 0.2) is 65.7 Å². The molecule has 0 saturated carbocycles. The van der Waals surface area contributed by atoms with Crippen LogP contribution in [0, 0.1) is 0 Å². The van der Waals surface area contributed by atoms with Gasteiger partial charge >= 0.3 is 142 Å². The molecule has 1 N–H and O–H groups in total. The minimum absolute atomic E-state index is 0.0884. The molecule has 0 spiro atoms. The Hall–Kier alpha value is -2.23. The van der Waals surface area contributed by atoms with Crippen LogP contribution in [-0.4, -0.2) is 31.5 Å². The van der Waals surface area contributed by atoms with Crippen LogP contribution < -0.4 is 5.32 Å². The number of benzene rings is 2. The van der Waals surface area contributed by atoms with Gasteiger partial charge in [-0.25, -0.2) is 0 Å². The number of nitrogens with one attached hydrogen (secondary N) is 1. The standard InChI is InChI=1S/C18H18N2O2Se/c1-13(2)23-18(19-16(21)14-9-5-3-6-10-14)20-17(22)15-11-7-4-8-12-15/h3-13H,1-2H3,(H,19,20,21,22). The molecule has 5 heteroatoms. The third-order valence-corrected chi connectivity index (χ3v) is 4.69. The number of carbonyl (C=O) groups is 2. The molecule has 0 atom stereocenters. The predicted octanol–water partition coefficient (Wildman–Crippen LogP) is 3.15. The number of amides is 2. The first-order chi connectivity index (χ1) is 11.1. The number of aliphatic imine (C=N–C) groups is 1. The van der Waals surface area contributed by atoms with Gasteiger partial charge in [-0.3, -0.25) is 0 Å². The topological polar surface area (TPSA) is 58.5 Å². The molecule has 0 heterocycles. The Morgan fingerprint density at radius 1 is 0.913 bits per heavy atom. The second-order valence-corrected chi connectivity index (χ2v) is 8.36. The van der Waals surface area contributed by atoms with E-state index in [4.69, 9.17) is 0 Å². The Morgan fingerprint density at radius 2 is 1.43 bits per heavy atom. The maximum atomic E-state index is 12.3. The molecular weight excluding hydrogens is 355 g/mol. The number of amidine groups is 1. The van der Waals surface area contributed by atoms with Crippen LogP contribution in [0.1, 0.15) is 34.6 Å². The average Bonchev–Trinajstić information content (AvgIpc) is 2.55. The van der Waals surface area contributed by atoms with E-state index in [9.17, 15) is 9.59 Å². The summed E-state index contributed by atoms with van der Waals surface area (Å²) in [6.07, 6.45) is 0. The molecule has 4 nitrogen and oxygen atoms in total. The van der Waals surface area contributed by atoms with Crippen molar-refractivity contribution >= 4 is 31.5 Å². The van der Waals surface area contributed by atoms with Gasteiger partial charge in [0.25, 0.3) is 0 Å². The van der Waals surface area contributed by atoms with Gasteiger partial charge in [0, 0.05) is 0 Å². The summed E-state index contributed by atoms with van der Waals surface area (Å²) < 4.78 is 0.454. The predicted molar refractivity (Wildman–Crippen MR) is 93.0 cm³/mol. The summed E-state index contributed by atoms with van der Waals surface area (Å²) in [7, 11) is 0. The van der Waals surface area contributed by atoms with Crippen molar-refractivity contribution in [1.29, 1.82) is 0 Å². The molecule has 23 heavy (non-hydrogen) atoms. The molecule has 0 aromatic heterocycles. The summed E-state index contributed by atoms with van der Waals surface area (Å²) in [4.78, 5) is 28.9. The van der Waals surface area contributed by atoms with E-state index in [0.717, 1.165) is 0 Å². The van der Waals surface area contributed by atoms with Gasteiger partial charge in [-0.05, 0) is 0 Å². The number of rotatable bonds is 4. The molecule has 2 rings (SSSR count). The first-order valence-electron chi connectivity index (χ1n) is 7.27. The van der Waals surface area contributed by atoms with Crippen LogP contribution in [-0.2, 0) is 0 Å².